The lowest BCUT2D eigenvalue weighted by Gasteiger charge is -2.09. The summed E-state index contributed by atoms with van der Waals surface area (Å²) in [5, 5.41) is 3.93. The van der Waals surface area contributed by atoms with Crippen LogP contribution in [0.2, 0.25) is 0 Å². The van der Waals surface area contributed by atoms with E-state index in [0.717, 1.165) is 22.2 Å². The number of carbonyl (C=O) groups is 1. The Labute approximate surface area is 117 Å². The van der Waals surface area contributed by atoms with Gasteiger partial charge >= 0.3 is 0 Å². The van der Waals surface area contributed by atoms with Gasteiger partial charge in [-0.2, -0.15) is 0 Å². The van der Waals surface area contributed by atoms with Gasteiger partial charge in [0.25, 0.3) is 5.91 Å². The second-order valence-corrected chi connectivity index (χ2v) is 4.95. The molecule has 0 aliphatic rings. The highest BCUT2D eigenvalue weighted by Crippen LogP contribution is 2.22. The van der Waals surface area contributed by atoms with Crippen LogP contribution in [0.5, 0.6) is 0 Å². The first-order valence-corrected chi connectivity index (χ1v) is 6.60. The fourth-order valence-corrected chi connectivity index (χ4v) is 2.34. The van der Waals surface area contributed by atoms with E-state index in [1.807, 2.05) is 56.3 Å². The molecule has 0 saturated heterocycles. The number of anilines is 1. The number of aryl methyl sites for hydroxylation is 1. The average Bonchev–Trinajstić information content (AvgIpc) is 2.88. The molecule has 0 atom stereocenters. The second kappa shape index (κ2) is 4.85. The summed E-state index contributed by atoms with van der Waals surface area (Å²) in [6.45, 7) is 4.05. The molecule has 3 nitrogen and oxygen atoms in total. The normalized spacial score (nSPS) is 10.7. The van der Waals surface area contributed by atoms with Gasteiger partial charge in [0.1, 0.15) is 0 Å². The molecule has 0 unspecified atom stereocenters. The topological polar surface area (TPSA) is 44.9 Å². The second-order valence-electron chi connectivity index (χ2n) is 4.95. The minimum atomic E-state index is -0.0869. The smallest absolute Gasteiger partial charge is 0.257 e. The molecule has 20 heavy (non-hydrogen) atoms. The maximum Gasteiger partial charge on any atom is 0.257 e. The molecule has 2 aromatic carbocycles. The van der Waals surface area contributed by atoms with E-state index in [-0.39, 0.29) is 5.91 Å². The van der Waals surface area contributed by atoms with Crippen molar-refractivity contribution >= 4 is 22.5 Å². The summed E-state index contributed by atoms with van der Waals surface area (Å²) in [4.78, 5) is 15.5. The van der Waals surface area contributed by atoms with Gasteiger partial charge in [0, 0.05) is 22.8 Å². The van der Waals surface area contributed by atoms with Crippen LogP contribution in [0.3, 0.4) is 0 Å². The standard InChI is InChI=1S/C17H16N2O/c1-11-6-5-9-15(12(11)2)19-17(20)14-10-18-16-8-4-3-7-13(14)16/h3-10,18H,1-2H3,(H,19,20). The van der Waals surface area contributed by atoms with E-state index in [1.54, 1.807) is 6.20 Å². The molecule has 3 rings (SSSR count). The first-order valence-electron chi connectivity index (χ1n) is 6.60. The summed E-state index contributed by atoms with van der Waals surface area (Å²) in [6.07, 6.45) is 1.76. The molecule has 3 aromatic rings. The van der Waals surface area contributed by atoms with Crippen molar-refractivity contribution in [1.29, 1.82) is 0 Å². The summed E-state index contributed by atoms with van der Waals surface area (Å²) < 4.78 is 0. The van der Waals surface area contributed by atoms with E-state index >= 15 is 0 Å². The predicted molar refractivity (Wildman–Crippen MR) is 82.2 cm³/mol. The van der Waals surface area contributed by atoms with Gasteiger partial charge in [0.15, 0.2) is 0 Å². The van der Waals surface area contributed by atoms with Crippen molar-refractivity contribution < 1.29 is 4.79 Å². The highest BCUT2D eigenvalue weighted by Gasteiger charge is 2.12. The molecule has 3 heteroatoms. The Kier molecular flexibility index (Phi) is 3.03. The molecule has 0 aliphatic heterocycles. The third-order valence-corrected chi connectivity index (χ3v) is 3.69. The lowest BCUT2D eigenvalue weighted by Crippen LogP contribution is -2.12. The average molecular weight is 264 g/mol. The van der Waals surface area contributed by atoms with Crippen molar-refractivity contribution in [2.45, 2.75) is 13.8 Å². The lowest BCUT2D eigenvalue weighted by atomic mass is 10.1. The third-order valence-electron chi connectivity index (χ3n) is 3.69. The van der Waals surface area contributed by atoms with Crippen LogP contribution in [-0.2, 0) is 0 Å². The third kappa shape index (κ3) is 2.07. The number of nitrogens with one attached hydrogen (secondary N) is 2. The van der Waals surface area contributed by atoms with Crippen LogP contribution >= 0.6 is 0 Å². The SMILES string of the molecule is Cc1cccc(NC(=O)c2c[nH]c3ccccc23)c1C. The van der Waals surface area contributed by atoms with E-state index in [1.165, 1.54) is 5.56 Å². The van der Waals surface area contributed by atoms with Crippen LogP contribution in [0, 0.1) is 13.8 Å². The number of hydrogen-bond donors (Lipinski definition) is 2. The van der Waals surface area contributed by atoms with Gasteiger partial charge in [-0.15, -0.1) is 0 Å². The molecule has 1 aromatic heterocycles. The van der Waals surface area contributed by atoms with Crippen LogP contribution in [0.15, 0.2) is 48.7 Å². The molecule has 0 radical (unpaired) electrons. The van der Waals surface area contributed by atoms with Gasteiger partial charge in [-0.3, -0.25) is 4.79 Å². The van der Waals surface area contributed by atoms with Crippen LogP contribution in [-0.4, -0.2) is 10.9 Å². The number of para-hydroxylation sites is 1. The van der Waals surface area contributed by atoms with Crippen molar-refractivity contribution in [1.82, 2.24) is 4.98 Å². The molecular formula is C17H16N2O. The van der Waals surface area contributed by atoms with E-state index in [0.29, 0.717) is 5.56 Å². The maximum absolute atomic E-state index is 12.4. The number of carbonyl (C=O) groups excluding carboxylic acids is 1. The molecule has 100 valence electrons. The van der Waals surface area contributed by atoms with Gasteiger partial charge in [-0.05, 0) is 37.1 Å². The fraction of sp³-hybridized carbons (Fsp3) is 0.118. The fourth-order valence-electron chi connectivity index (χ4n) is 2.34. The number of benzene rings is 2. The summed E-state index contributed by atoms with van der Waals surface area (Å²) in [7, 11) is 0. The predicted octanol–water partition coefficient (Wildman–Crippen LogP) is 4.04. The van der Waals surface area contributed by atoms with Gasteiger partial charge < -0.3 is 10.3 Å². The van der Waals surface area contributed by atoms with Gasteiger partial charge in [0.05, 0.1) is 5.56 Å². The van der Waals surface area contributed by atoms with E-state index in [9.17, 15) is 4.79 Å². The molecule has 0 spiro atoms. The molecule has 0 saturated carbocycles. The van der Waals surface area contributed by atoms with Crippen LogP contribution in [0.1, 0.15) is 21.5 Å². The Morgan fingerprint density at radius 2 is 1.85 bits per heavy atom. The summed E-state index contributed by atoms with van der Waals surface area (Å²) in [5.41, 5.74) is 4.77. The maximum atomic E-state index is 12.4. The monoisotopic (exact) mass is 264 g/mol. The number of H-pyrrole nitrogens is 1. The van der Waals surface area contributed by atoms with Crippen LogP contribution in [0.4, 0.5) is 5.69 Å². The van der Waals surface area contributed by atoms with Crippen molar-refractivity contribution in [3.8, 4) is 0 Å². The Hall–Kier alpha value is -2.55. The van der Waals surface area contributed by atoms with Gasteiger partial charge in [-0.1, -0.05) is 30.3 Å². The Morgan fingerprint density at radius 3 is 2.70 bits per heavy atom. The largest absolute Gasteiger partial charge is 0.360 e. The summed E-state index contributed by atoms with van der Waals surface area (Å²) in [5.74, 6) is -0.0869. The number of aromatic nitrogens is 1. The summed E-state index contributed by atoms with van der Waals surface area (Å²) >= 11 is 0. The zero-order valence-electron chi connectivity index (χ0n) is 11.5. The molecular weight excluding hydrogens is 248 g/mol. The van der Waals surface area contributed by atoms with Crippen molar-refractivity contribution in [3.63, 3.8) is 0 Å². The number of rotatable bonds is 2. The van der Waals surface area contributed by atoms with Crippen molar-refractivity contribution in [2.24, 2.45) is 0 Å². The van der Waals surface area contributed by atoms with Gasteiger partial charge in [-0.25, -0.2) is 0 Å². The highest BCUT2D eigenvalue weighted by molar-refractivity contribution is 6.13. The van der Waals surface area contributed by atoms with Crippen molar-refractivity contribution in [2.75, 3.05) is 5.32 Å². The van der Waals surface area contributed by atoms with Crippen LogP contribution < -0.4 is 5.32 Å². The Bertz CT molecular complexity index is 787. The first-order chi connectivity index (χ1) is 9.66. The number of hydrogen-bond acceptors (Lipinski definition) is 1. The van der Waals surface area contributed by atoms with Crippen LogP contribution in [0.25, 0.3) is 10.9 Å². The zero-order valence-corrected chi connectivity index (χ0v) is 11.5. The Balaban J connectivity index is 1.95. The van der Waals surface area contributed by atoms with Crippen molar-refractivity contribution in [3.05, 3.63) is 65.4 Å². The number of amides is 1. The lowest BCUT2D eigenvalue weighted by molar-refractivity contribution is 0.102. The molecule has 1 heterocycles. The van der Waals surface area contributed by atoms with Gasteiger partial charge in [0.2, 0.25) is 0 Å². The first kappa shape index (κ1) is 12.5. The van der Waals surface area contributed by atoms with E-state index in [4.69, 9.17) is 0 Å². The minimum Gasteiger partial charge on any atom is -0.360 e. The highest BCUT2D eigenvalue weighted by atomic mass is 16.1. The molecule has 2 N–H and O–H groups in total. The minimum absolute atomic E-state index is 0.0869. The quantitative estimate of drug-likeness (QED) is 0.721. The molecule has 0 aliphatic carbocycles. The van der Waals surface area contributed by atoms with E-state index in [2.05, 4.69) is 10.3 Å². The number of aromatic amines is 1. The Morgan fingerprint density at radius 1 is 1.05 bits per heavy atom. The summed E-state index contributed by atoms with van der Waals surface area (Å²) in [6, 6.07) is 13.7. The molecule has 0 bridgehead atoms. The molecule has 1 amide bonds. The van der Waals surface area contributed by atoms with E-state index < -0.39 is 0 Å². The molecule has 0 fully saturated rings. The zero-order chi connectivity index (χ0) is 14.1. The number of fused-ring (bicyclic) bond motifs is 1.